The van der Waals surface area contributed by atoms with E-state index >= 15 is 0 Å². The molecule has 3 nitrogen and oxygen atoms in total. The number of rotatable bonds is 9. The van der Waals surface area contributed by atoms with Gasteiger partial charge in [-0.1, -0.05) is 13.8 Å². The van der Waals surface area contributed by atoms with Gasteiger partial charge in [0.2, 0.25) is 0 Å². The molecule has 0 saturated heterocycles. The van der Waals surface area contributed by atoms with Gasteiger partial charge in [0.25, 0.3) is 0 Å². The Kier molecular flexibility index (Phi) is 7.76. The van der Waals surface area contributed by atoms with E-state index in [2.05, 4.69) is 31.1 Å². The summed E-state index contributed by atoms with van der Waals surface area (Å²) in [5, 5.41) is 0. The van der Waals surface area contributed by atoms with Gasteiger partial charge in [-0.15, -0.1) is 0 Å². The van der Waals surface area contributed by atoms with E-state index < -0.39 is 0 Å². The summed E-state index contributed by atoms with van der Waals surface area (Å²) in [7, 11) is 3.54. The molecule has 2 unspecified atom stereocenters. The number of nitrogens with zero attached hydrogens (tertiary/aromatic N) is 1. The van der Waals surface area contributed by atoms with Crippen LogP contribution in [0.1, 0.15) is 37.8 Å². The Bertz CT molecular complexity index is 521. The molecular formula is C20H33NO2S. The molecule has 1 aromatic rings. The van der Waals surface area contributed by atoms with Crippen molar-refractivity contribution in [3.8, 4) is 11.5 Å². The molecule has 0 amide bonds. The fraction of sp³-hybridized carbons (Fsp3) is 0.700. The molecule has 0 aromatic heterocycles. The Morgan fingerprint density at radius 2 is 1.71 bits per heavy atom. The lowest BCUT2D eigenvalue weighted by Crippen LogP contribution is -2.45. The van der Waals surface area contributed by atoms with Crippen LogP contribution < -0.4 is 9.47 Å². The van der Waals surface area contributed by atoms with Crippen molar-refractivity contribution in [1.29, 1.82) is 0 Å². The monoisotopic (exact) mass is 351 g/mol. The maximum absolute atomic E-state index is 5.66. The summed E-state index contributed by atoms with van der Waals surface area (Å²) in [5.41, 5.74) is 2.70. The molecule has 0 fully saturated rings. The highest BCUT2D eigenvalue weighted by Gasteiger charge is 2.32. The Labute approximate surface area is 152 Å². The first-order valence-corrected chi connectivity index (χ1v) is 10.5. The summed E-state index contributed by atoms with van der Waals surface area (Å²) < 4.78 is 11.3. The van der Waals surface area contributed by atoms with Crippen LogP contribution in [0, 0.1) is 5.92 Å². The van der Waals surface area contributed by atoms with E-state index in [-0.39, 0.29) is 0 Å². The average Bonchev–Trinajstić information content (AvgIpc) is 2.59. The number of ether oxygens (including phenoxy) is 2. The second-order valence-corrected chi connectivity index (χ2v) is 7.75. The van der Waals surface area contributed by atoms with E-state index in [0.29, 0.717) is 12.0 Å². The summed E-state index contributed by atoms with van der Waals surface area (Å²) in [6.45, 7) is 7.06. The predicted molar refractivity (Wildman–Crippen MR) is 105 cm³/mol. The Hall–Kier alpha value is -0.870. The molecule has 2 rings (SSSR count). The van der Waals surface area contributed by atoms with Crippen LogP contribution in [0.3, 0.4) is 0 Å². The molecule has 1 aliphatic rings. The van der Waals surface area contributed by atoms with Crippen molar-refractivity contribution in [1.82, 2.24) is 4.90 Å². The summed E-state index contributed by atoms with van der Waals surface area (Å²) in [5.74, 6) is 3.91. The first-order chi connectivity index (χ1) is 11.7. The van der Waals surface area contributed by atoms with Crippen LogP contribution in [0.15, 0.2) is 12.1 Å². The SMILES string of the molecule is CCCN(CCCSC)C1Cc2c(OC)ccc(OC)c2CC1C. The molecule has 0 saturated carbocycles. The minimum absolute atomic E-state index is 0.598. The fourth-order valence-electron chi connectivity index (χ4n) is 3.98. The smallest absolute Gasteiger partial charge is 0.122 e. The van der Waals surface area contributed by atoms with Crippen LogP contribution >= 0.6 is 11.8 Å². The number of hydrogen-bond acceptors (Lipinski definition) is 4. The zero-order chi connectivity index (χ0) is 17.5. The molecule has 136 valence electrons. The average molecular weight is 352 g/mol. The molecule has 24 heavy (non-hydrogen) atoms. The minimum atomic E-state index is 0.598. The maximum Gasteiger partial charge on any atom is 0.122 e. The zero-order valence-corrected chi connectivity index (χ0v) is 16.7. The summed E-state index contributed by atoms with van der Waals surface area (Å²) in [6, 6.07) is 4.70. The van der Waals surface area contributed by atoms with Gasteiger partial charge in [-0.05, 0) is 68.8 Å². The number of thioether (sulfide) groups is 1. The molecular weight excluding hydrogens is 318 g/mol. The number of benzene rings is 1. The summed E-state index contributed by atoms with van der Waals surface area (Å²) >= 11 is 1.95. The third-order valence-electron chi connectivity index (χ3n) is 5.15. The quantitative estimate of drug-likeness (QED) is 0.619. The molecule has 0 spiro atoms. The molecule has 1 aliphatic carbocycles. The van der Waals surface area contributed by atoms with Gasteiger partial charge < -0.3 is 9.47 Å². The van der Waals surface area contributed by atoms with E-state index in [1.54, 1.807) is 14.2 Å². The molecule has 1 aromatic carbocycles. The van der Waals surface area contributed by atoms with Crippen LogP contribution in [-0.2, 0) is 12.8 Å². The van der Waals surface area contributed by atoms with Gasteiger partial charge in [0.05, 0.1) is 14.2 Å². The molecule has 0 N–H and O–H groups in total. The molecule has 2 atom stereocenters. The summed E-state index contributed by atoms with van der Waals surface area (Å²) in [6.07, 6.45) is 6.82. The lowest BCUT2D eigenvalue weighted by Gasteiger charge is -2.40. The van der Waals surface area contributed by atoms with E-state index in [4.69, 9.17) is 9.47 Å². The standard InChI is InChI=1S/C20H33NO2S/c1-6-10-21(11-7-12-24-5)18-14-17-16(13-15(18)2)19(22-3)8-9-20(17)23-4/h8-9,15,18H,6-7,10-14H2,1-5H3. The van der Waals surface area contributed by atoms with Crippen LogP contribution in [0.5, 0.6) is 11.5 Å². The van der Waals surface area contributed by atoms with Crippen molar-refractivity contribution in [2.75, 3.05) is 39.3 Å². The van der Waals surface area contributed by atoms with E-state index in [1.807, 2.05) is 17.8 Å². The van der Waals surface area contributed by atoms with Gasteiger partial charge >= 0.3 is 0 Å². The molecule has 4 heteroatoms. The normalized spacial score (nSPS) is 20.1. The van der Waals surface area contributed by atoms with Gasteiger partial charge in [0, 0.05) is 17.2 Å². The number of methoxy groups -OCH3 is 2. The molecule has 0 bridgehead atoms. The third-order valence-corrected chi connectivity index (χ3v) is 5.85. The van der Waals surface area contributed by atoms with Crippen molar-refractivity contribution < 1.29 is 9.47 Å². The van der Waals surface area contributed by atoms with Crippen LogP contribution in [-0.4, -0.2) is 50.3 Å². The Balaban J connectivity index is 2.25. The van der Waals surface area contributed by atoms with Gasteiger partial charge in [-0.25, -0.2) is 0 Å². The van der Waals surface area contributed by atoms with E-state index in [1.165, 1.54) is 42.8 Å². The molecule has 0 heterocycles. The molecule has 0 radical (unpaired) electrons. The second-order valence-electron chi connectivity index (χ2n) is 6.76. The van der Waals surface area contributed by atoms with Crippen molar-refractivity contribution in [3.63, 3.8) is 0 Å². The number of fused-ring (bicyclic) bond motifs is 1. The highest BCUT2D eigenvalue weighted by molar-refractivity contribution is 7.98. The van der Waals surface area contributed by atoms with Gasteiger partial charge in [0.15, 0.2) is 0 Å². The van der Waals surface area contributed by atoms with Crippen molar-refractivity contribution in [3.05, 3.63) is 23.3 Å². The Morgan fingerprint density at radius 3 is 2.25 bits per heavy atom. The third kappa shape index (κ3) is 4.40. The second kappa shape index (κ2) is 9.57. The summed E-state index contributed by atoms with van der Waals surface area (Å²) in [4.78, 5) is 2.71. The van der Waals surface area contributed by atoms with Crippen LogP contribution in [0.2, 0.25) is 0 Å². The largest absolute Gasteiger partial charge is 0.496 e. The highest BCUT2D eigenvalue weighted by atomic mass is 32.2. The fourth-order valence-corrected chi connectivity index (χ4v) is 4.40. The van der Waals surface area contributed by atoms with Crippen molar-refractivity contribution >= 4 is 11.8 Å². The lowest BCUT2D eigenvalue weighted by atomic mass is 9.79. The predicted octanol–water partition coefficient (Wildman–Crippen LogP) is 4.27. The first-order valence-electron chi connectivity index (χ1n) is 9.11. The zero-order valence-electron chi connectivity index (χ0n) is 15.9. The van der Waals surface area contributed by atoms with Crippen molar-refractivity contribution in [2.24, 2.45) is 5.92 Å². The maximum atomic E-state index is 5.66. The van der Waals surface area contributed by atoms with Gasteiger partial charge in [-0.2, -0.15) is 11.8 Å². The number of hydrogen-bond donors (Lipinski definition) is 0. The minimum Gasteiger partial charge on any atom is -0.496 e. The van der Waals surface area contributed by atoms with E-state index in [9.17, 15) is 0 Å². The lowest BCUT2D eigenvalue weighted by molar-refractivity contribution is 0.137. The van der Waals surface area contributed by atoms with Crippen LogP contribution in [0.4, 0.5) is 0 Å². The molecule has 0 aliphatic heterocycles. The van der Waals surface area contributed by atoms with E-state index in [0.717, 1.165) is 24.3 Å². The Morgan fingerprint density at radius 1 is 1.08 bits per heavy atom. The van der Waals surface area contributed by atoms with Crippen molar-refractivity contribution in [2.45, 2.75) is 45.6 Å². The first kappa shape index (κ1) is 19.5. The van der Waals surface area contributed by atoms with Gasteiger partial charge in [-0.3, -0.25) is 4.90 Å². The van der Waals surface area contributed by atoms with Gasteiger partial charge in [0.1, 0.15) is 11.5 Å². The topological polar surface area (TPSA) is 21.7 Å². The highest BCUT2D eigenvalue weighted by Crippen LogP contribution is 2.39. The van der Waals surface area contributed by atoms with Crippen LogP contribution in [0.25, 0.3) is 0 Å².